The van der Waals surface area contributed by atoms with Gasteiger partial charge in [-0.25, -0.2) is 4.79 Å². The molecule has 21 heavy (non-hydrogen) atoms. The first kappa shape index (κ1) is 15.5. The molecule has 0 aromatic heterocycles. The van der Waals surface area contributed by atoms with Gasteiger partial charge in [-0.2, -0.15) is 0 Å². The van der Waals surface area contributed by atoms with Crippen molar-refractivity contribution in [3.05, 3.63) is 35.4 Å². The number of esters is 1. The summed E-state index contributed by atoms with van der Waals surface area (Å²) in [5.41, 5.74) is 1.17. The predicted molar refractivity (Wildman–Crippen MR) is 78.1 cm³/mol. The van der Waals surface area contributed by atoms with Crippen LogP contribution in [0.1, 0.15) is 42.6 Å². The second-order valence-electron chi connectivity index (χ2n) is 5.34. The van der Waals surface area contributed by atoms with Crippen molar-refractivity contribution in [2.75, 3.05) is 6.61 Å². The van der Waals surface area contributed by atoms with E-state index in [-0.39, 0.29) is 17.6 Å². The third kappa shape index (κ3) is 4.04. The summed E-state index contributed by atoms with van der Waals surface area (Å²) in [6, 6.07) is 6.93. The van der Waals surface area contributed by atoms with Crippen LogP contribution in [0.15, 0.2) is 24.3 Å². The number of hydrogen-bond donors (Lipinski definition) is 1. The predicted octanol–water partition coefficient (Wildman–Crippen LogP) is 2.30. The molecule has 1 saturated carbocycles. The largest absolute Gasteiger partial charge is 0.478 e. The van der Waals surface area contributed by atoms with Crippen molar-refractivity contribution in [2.45, 2.75) is 45.3 Å². The van der Waals surface area contributed by atoms with E-state index in [1.54, 1.807) is 25.1 Å². The van der Waals surface area contributed by atoms with Crippen molar-refractivity contribution < 1.29 is 19.4 Å². The first-order chi connectivity index (χ1) is 10.0. The molecule has 114 valence electrons. The molecule has 5 nitrogen and oxygen atoms in total. The lowest BCUT2D eigenvalue weighted by molar-refractivity contribution is -0.149. The molecule has 0 bridgehead atoms. The van der Waals surface area contributed by atoms with E-state index in [9.17, 15) is 9.59 Å². The van der Waals surface area contributed by atoms with Gasteiger partial charge in [0.1, 0.15) is 6.04 Å². The molecular weight excluding hydrogens is 270 g/mol. The fourth-order valence-electron chi connectivity index (χ4n) is 2.40. The molecule has 1 aromatic rings. The van der Waals surface area contributed by atoms with Crippen molar-refractivity contribution in [3.8, 4) is 0 Å². The maximum atomic E-state index is 11.9. The SMILES string of the molecule is CCOC(=O)C(C)N(Cc1cccc(C(=O)O)c1)C1CC1. The molecule has 1 aromatic carbocycles. The number of carbonyl (C=O) groups is 2. The average Bonchev–Trinajstić information content (AvgIpc) is 3.29. The Morgan fingerprint density at radius 1 is 1.43 bits per heavy atom. The number of carbonyl (C=O) groups excluding carboxylic acids is 1. The summed E-state index contributed by atoms with van der Waals surface area (Å²) in [4.78, 5) is 25.0. The van der Waals surface area contributed by atoms with Crippen molar-refractivity contribution in [1.29, 1.82) is 0 Å². The summed E-state index contributed by atoms with van der Waals surface area (Å²) >= 11 is 0. The van der Waals surface area contributed by atoms with Crippen molar-refractivity contribution in [1.82, 2.24) is 4.90 Å². The second kappa shape index (κ2) is 6.72. The third-order valence-electron chi connectivity index (χ3n) is 3.68. The van der Waals surface area contributed by atoms with Crippen molar-refractivity contribution in [3.63, 3.8) is 0 Å². The quantitative estimate of drug-likeness (QED) is 0.781. The number of hydrogen-bond acceptors (Lipinski definition) is 4. The molecular formula is C16H21NO4. The average molecular weight is 291 g/mol. The van der Waals surface area contributed by atoms with Gasteiger partial charge in [0, 0.05) is 12.6 Å². The topological polar surface area (TPSA) is 66.8 Å². The number of carboxylic acid groups (broad SMARTS) is 1. The van der Waals surface area contributed by atoms with Crippen LogP contribution in [0.25, 0.3) is 0 Å². The summed E-state index contributed by atoms with van der Waals surface area (Å²) < 4.78 is 5.09. The number of ether oxygens (including phenoxy) is 1. The highest BCUT2D eigenvalue weighted by Crippen LogP contribution is 2.30. The number of nitrogens with zero attached hydrogens (tertiary/aromatic N) is 1. The van der Waals surface area contributed by atoms with Crippen LogP contribution in [0, 0.1) is 0 Å². The number of aromatic carboxylic acids is 1. The number of carboxylic acids is 1. The van der Waals surface area contributed by atoms with Crippen LogP contribution in [-0.2, 0) is 16.1 Å². The molecule has 1 aliphatic carbocycles. The highest BCUT2D eigenvalue weighted by molar-refractivity contribution is 5.87. The molecule has 1 aliphatic rings. The van der Waals surface area contributed by atoms with Gasteiger partial charge in [0.2, 0.25) is 0 Å². The van der Waals surface area contributed by atoms with E-state index < -0.39 is 5.97 Å². The molecule has 0 heterocycles. The summed E-state index contributed by atoms with van der Waals surface area (Å²) in [6.07, 6.45) is 2.14. The maximum absolute atomic E-state index is 11.9. The van der Waals surface area contributed by atoms with Gasteiger partial charge in [0.05, 0.1) is 12.2 Å². The Morgan fingerprint density at radius 2 is 2.14 bits per heavy atom. The van der Waals surface area contributed by atoms with Crippen molar-refractivity contribution >= 4 is 11.9 Å². The van der Waals surface area contributed by atoms with Crippen LogP contribution in [0.5, 0.6) is 0 Å². The highest BCUT2D eigenvalue weighted by atomic mass is 16.5. The minimum Gasteiger partial charge on any atom is -0.478 e. The van der Waals surface area contributed by atoms with Gasteiger partial charge >= 0.3 is 11.9 Å². The lowest BCUT2D eigenvalue weighted by atomic mass is 10.1. The second-order valence-corrected chi connectivity index (χ2v) is 5.34. The molecule has 0 aliphatic heterocycles. The Morgan fingerprint density at radius 3 is 2.71 bits per heavy atom. The van der Waals surface area contributed by atoms with E-state index >= 15 is 0 Å². The molecule has 5 heteroatoms. The first-order valence-corrected chi connectivity index (χ1v) is 7.27. The molecule has 0 radical (unpaired) electrons. The van der Waals surface area contributed by atoms with E-state index in [0.717, 1.165) is 18.4 Å². The van der Waals surface area contributed by atoms with Gasteiger partial charge in [-0.15, -0.1) is 0 Å². The Bertz CT molecular complexity index is 525. The zero-order valence-electron chi connectivity index (χ0n) is 12.4. The van der Waals surface area contributed by atoms with E-state index in [1.807, 2.05) is 13.0 Å². The molecule has 1 N–H and O–H groups in total. The van der Waals surface area contributed by atoms with E-state index in [4.69, 9.17) is 9.84 Å². The number of benzene rings is 1. The summed E-state index contributed by atoms with van der Waals surface area (Å²) in [5, 5.41) is 9.04. The van der Waals surface area contributed by atoms with E-state index in [0.29, 0.717) is 19.2 Å². The lowest BCUT2D eigenvalue weighted by Crippen LogP contribution is -2.41. The fourth-order valence-corrected chi connectivity index (χ4v) is 2.40. The van der Waals surface area contributed by atoms with Gasteiger partial charge in [-0.1, -0.05) is 12.1 Å². The molecule has 2 rings (SSSR count). The maximum Gasteiger partial charge on any atom is 0.335 e. The van der Waals surface area contributed by atoms with E-state index in [2.05, 4.69) is 4.90 Å². The Hall–Kier alpha value is -1.88. The van der Waals surface area contributed by atoms with Crippen LogP contribution in [0.2, 0.25) is 0 Å². The Kier molecular flexibility index (Phi) is 4.96. The van der Waals surface area contributed by atoms with Crippen LogP contribution < -0.4 is 0 Å². The van der Waals surface area contributed by atoms with Gasteiger partial charge in [-0.3, -0.25) is 9.69 Å². The van der Waals surface area contributed by atoms with Crippen molar-refractivity contribution in [2.24, 2.45) is 0 Å². The molecule has 1 atom stereocenters. The Labute approximate surface area is 124 Å². The molecule has 0 spiro atoms. The normalized spacial score (nSPS) is 15.8. The fraction of sp³-hybridized carbons (Fsp3) is 0.500. The van der Waals surface area contributed by atoms with Gasteiger partial charge in [0.15, 0.2) is 0 Å². The highest BCUT2D eigenvalue weighted by Gasteiger charge is 2.35. The Balaban J connectivity index is 2.11. The summed E-state index contributed by atoms with van der Waals surface area (Å²) in [5.74, 6) is -1.16. The lowest BCUT2D eigenvalue weighted by Gasteiger charge is -2.27. The van der Waals surface area contributed by atoms with Gasteiger partial charge < -0.3 is 9.84 Å². The summed E-state index contributed by atoms with van der Waals surface area (Å²) in [6.45, 7) is 4.57. The summed E-state index contributed by atoms with van der Waals surface area (Å²) in [7, 11) is 0. The minimum atomic E-state index is -0.937. The van der Waals surface area contributed by atoms with Crippen LogP contribution in [0.3, 0.4) is 0 Å². The van der Waals surface area contributed by atoms with Gasteiger partial charge in [-0.05, 0) is 44.4 Å². The van der Waals surface area contributed by atoms with Crippen LogP contribution in [-0.4, -0.2) is 40.6 Å². The molecule has 0 amide bonds. The zero-order valence-corrected chi connectivity index (χ0v) is 12.4. The zero-order chi connectivity index (χ0) is 15.4. The van der Waals surface area contributed by atoms with Crippen LogP contribution >= 0.6 is 0 Å². The molecule has 1 fully saturated rings. The smallest absolute Gasteiger partial charge is 0.335 e. The third-order valence-corrected chi connectivity index (χ3v) is 3.68. The minimum absolute atomic E-state index is 0.223. The molecule has 1 unspecified atom stereocenters. The van der Waals surface area contributed by atoms with Crippen LogP contribution in [0.4, 0.5) is 0 Å². The first-order valence-electron chi connectivity index (χ1n) is 7.27. The molecule has 0 saturated heterocycles. The number of rotatable bonds is 7. The van der Waals surface area contributed by atoms with Gasteiger partial charge in [0.25, 0.3) is 0 Å². The van der Waals surface area contributed by atoms with E-state index in [1.165, 1.54) is 0 Å². The standard InChI is InChI=1S/C16H21NO4/c1-3-21-16(20)11(2)17(14-7-8-14)10-12-5-4-6-13(9-12)15(18)19/h4-6,9,11,14H,3,7-8,10H2,1-2H3,(H,18,19). The monoisotopic (exact) mass is 291 g/mol.